The van der Waals surface area contributed by atoms with Crippen LogP contribution in [0.4, 0.5) is 4.79 Å². The number of carboxylic acid groups (broad SMARTS) is 1. The summed E-state index contributed by atoms with van der Waals surface area (Å²) in [7, 11) is 0. The van der Waals surface area contributed by atoms with Crippen molar-refractivity contribution in [1.29, 1.82) is 0 Å². The first-order valence-electron chi connectivity index (χ1n) is 4.68. The van der Waals surface area contributed by atoms with Crippen molar-refractivity contribution in [2.24, 2.45) is 0 Å². The van der Waals surface area contributed by atoms with E-state index in [4.69, 9.17) is 5.11 Å². The van der Waals surface area contributed by atoms with Crippen molar-refractivity contribution < 1.29 is 9.90 Å². The fourth-order valence-corrected chi connectivity index (χ4v) is 1.59. The summed E-state index contributed by atoms with van der Waals surface area (Å²) in [6.07, 6.45) is -0.156. The van der Waals surface area contributed by atoms with E-state index in [0.29, 0.717) is 0 Å². The number of hydrogen-bond acceptors (Lipinski definition) is 3. The molecule has 0 spiro atoms. The number of rotatable bonds is 3. The zero-order valence-corrected chi connectivity index (χ0v) is 7.92. The molecule has 1 aliphatic rings. The van der Waals surface area contributed by atoms with Crippen LogP contribution in [-0.2, 0) is 0 Å². The van der Waals surface area contributed by atoms with Crippen LogP contribution in [0.5, 0.6) is 0 Å². The van der Waals surface area contributed by atoms with Crippen molar-refractivity contribution in [3.8, 4) is 0 Å². The van der Waals surface area contributed by atoms with E-state index >= 15 is 0 Å². The average Bonchev–Trinajstić information content (AvgIpc) is 2.15. The summed E-state index contributed by atoms with van der Waals surface area (Å²) in [6.45, 7) is 5.70. The van der Waals surface area contributed by atoms with Crippen molar-refractivity contribution >= 4 is 6.09 Å². The van der Waals surface area contributed by atoms with E-state index < -0.39 is 6.09 Å². The molecule has 0 bridgehead atoms. The Labute approximate surface area is 78.1 Å². The van der Waals surface area contributed by atoms with Gasteiger partial charge in [0.15, 0.2) is 0 Å². The fraction of sp³-hybridized carbons (Fsp3) is 0.875. The summed E-state index contributed by atoms with van der Waals surface area (Å²) in [4.78, 5) is 12.6. The van der Waals surface area contributed by atoms with Crippen molar-refractivity contribution in [2.75, 3.05) is 26.2 Å². The highest BCUT2D eigenvalue weighted by molar-refractivity contribution is 5.64. The minimum Gasteiger partial charge on any atom is -0.465 e. The SMILES string of the molecule is CCC(NC(=O)O)N1CCNCC1. The largest absolute Gasteiger partial charge is 0.465 e. The second kappa shape index (κ2) is 5.04. The number of nitrogens with zero attached hydrogens (tertiary/aromatic N) is 1. The van der Waals surface area contributed by atoms with Gasteiger partial charge in [-0.15, -0.1) is 0 Å². The van der Waals surface area contributed by atoms with Gasteiger partial charge in [0.2, 0.25) is 0 Å². The van der Waals surface area contributed by atoms with Crippen LogP contribution in [0.25, 0.3) is 0 Å². The molecule has 0 aliphatic carbocycles. The Bertz CT molecular complexity index is 169. The molecule has 13 heavy (non-hydrogen) atoms. The number of carbonyl (C=O) groups is 1. The lowest BCUT2D eigenvalue weighted by atomic mass is 10.2. The molecule has 1 atom stereocenters. The molecule has 0 aromatic carbocycles. The smallest absolute Gasteiger partial charge is 0.405 e. The van der Waals surface area contributed by atoms with Crippen LogP contribution in [0.2, 0.25) is 0 Å². The van der Waals surface area contributed by atoms with E-state index in [1.807, 2.05) is 6.92 Å². The number of piperazine rings is 1. The molecule has 76 valence electrons. The first kappa shape index (κ1) is 10.3. The van der Waals surface area contributed by atoms with E-state index in [1.54, 1.807) is 0 Å². The lowest BCUT2D eigenvalue weighted by Gasteiger charge is -2.33. The molecule has 3 N–H and O–H groups in total. The number of hydrogen-bond donors (Lipinski definition) is 3. The Hall–Kier alpha value is -0.810. The monoisotopic (exact) mass is 187 g/mol. The van der Waals surface area contributed by atoms with Gasteiger partial charge in [-0.25, -0.2) is 4.79 Å². The first-order chi connectivity index (χ1) is 6.24. The van der Waals surface area contributed by atoms with Gasteiger partial charge >= 0.3 is 6.09 Å². The summed E-state index contributed by atoms with van der Waals surface area (Å²) in [5.41, 5.74) is 0. The highest BCUT2D eigenvalue weighted by Crippen LogP contribution is 2.02. The van der Waals surface area contributed by atoms with Crippen LogP contribution in [0.3, 0.4) is 0 Å². The fourth-order valence-electron chi connectivity index (χ4n) is 1.59. The quantitative estimate of drug-likeness (QED) is 0.577. The van der Waals surface area contributed by atoms with Crippen LogP contribution in [0.1, 0.15) is 13.3 Å². The van der Waals surface area contributed by atoms with Gasteiger partial charge in [0.25, 0.3) is 0 Å². The molecule has 1 unspecified atom stereocenters. The lowest BCUT2D eigenvalue weighted by molar-refractivity contribution is 0.127. The molecule has 0 saturated carbocycles. The predicted octanol–water partition coefficient (Wildman–Crippen LogP) is -0.105. The zero-order valence-electron chi connectivity index (χ0n) is 7.92. The maximum atomic E-state index is 10.5. The Kier molecular flexibility index (Phi) is 3.98. The standard InChI is InChI=1S/C8H17N3O2/c1-2-7(10-8(12)13)11-5-3-9-4-6-11/h7,9-10H,2-6H2,1H3,(H,12,13). The first-order valence-corrected chi connectivity index (χ1v) is 4.68. The van der Waals surface area contributed by atoms with Gasteiger partial charge in [-0.1, -0.05) is 6.92 Å². The van der Waals surface area contributed by atoms with Gasteiger partial charge in [0.05, 0.1) is 6.17 Å². The Morgan fingerprint density at radius 1 is 1.62 bits per heavy atom. The molecule has 1 fully saturated rings. The molecular weight excluding hydrogens is 170 g/mol. The van der Waals surface area contributed by atoms with Crippen molar-refractivity contribution in [3.63, 3.8) is 0 Å². The van der Waals surface area contributed by atoms with Gasteiger partial charge in [0, 0.05) is 26.2 Å². The molecule has 0 aromatic rings. The molecule has 1 amide bonds. The molecule has 1 saturated heterocycles. The number of nitrogens with one attached hydrogen (secondary N) is 2. The minimum atomic E-state index is -0.939. The molecule has 0 aromatic heterocycles. The van der Waals surface area contributed by atoms with Gasteiger partial charge in [-0.05, 0) is 6.42 Å². The van der Waals surface area contributed by atoms with Crippen LogP contribution in [0, 0.1) is 0 Å². The highest BCUT2D eigenvalue weighted by Gasteiger charge is 2.19. The van der Waals surface area contributed by atoms with Crippen LogP contribution in [-0.4, -0.2) is 48.4 Å². The van der Waals surface area contributed by atoms with Crippen LogP contribution >= 0.6 is 0 Å². The minimum absolute atomic E-state index is 0.0281. The van der Waals surface area contributed by atoms with Crippen molar-refractivity contribution in [3.05, 3.63) is 0 Å². The van der Waals surface area contributed by atoms with E-state index in [0.717, 1.165) is 32.6 Å². The summed E-state index contributed by atoms with van der Waals surface area (Å²) in [5, 5.41) is 14.3. The van der Waals surface area contributed by atoms with Crippen LogP contribution in [0.15, 0.2) is 0 Å². The normalized spacial score (nSPS) is 21.0. The summed E-state index contributed by atoms with van der Waals surface area (Å²) in [5.74, 6) is 0. The van der Waals surface area contributed by atoms with E-state index in [9.17, 15) is 4.79 Å². The lowest BCUT2D eigenvalue weighted by Crippen LogP contribution is -2.54. The summed E-state index contributed by atoms with van der Waals surface area (Å²) < 4.78 is 0. The molecule has 1 aliphatic heterocycles. The van der Waals surface area contributed by atoms with Gasteiger partial charge in [-0.3, -0.25) is 4.90 Å². The second-order valence-electron chi connectivity index (χ2n) is 3.16. The molecule has 1 rings (SSSR count). The van der Waals surface area contributed by atoms with Gasteiger partial charge < -0.3 is 15.7 Å². The summed E-state index contributed by atoms with van der Waals surface area (Å²) >= 11 is 0. The second-order valence-corrected chi connectivity index (χ2v) is 3.16. The third-order valence-corrected chi connectivity index (χ3v) is 2.27. The van der Waals surface area contributed by atoms with Crippen LogP contribution < -0.4 is 10.6 Å². The van der Waals surface area contributed by atoms with E-state index in [2.05, 4.69) is 15.5 Å². The van der Waals surface area contributed by atoms with Crippen molar-refractivity contribution in [1.82, 2.24) is 15.5 Å². The third-order valence-electron chi connectivity index (χ3n) is 2.27. The number of amides is 1. The van der Waals surface area contributed by atoms with Gasteiger partial charge in [-0.2, -0.15) is 0 Å². The predicted molar refractivity (Wildman–Crippen MR) is 49.7 cm³/mol. The Morgan fingerprint density at radius 3 is 2.69 bits per heavy atom. The molecule has 5 nitrogen and oxygen atoms in total. The molecule has 5 heteroatoms. The maximum absolute atomic E-state index is 10.5. The molecule has 0 radical (unpaired) electrons. The third kappa shape index (κ3) is 3.20. The average molecular weight is 187 g/mol. The molecule has 1 heterocycles. The van der Waals surface area contributed by atoms with Crippen molar-refractivity contribution in [2.45, 2.75) is 19.5 Å². The van der Waals surface area contributed by atoms with E-state index in [1.165, 1.54) is 0 Å². The van der Waals surface area contributed by atoms with E-state index in [-0.39, 0.29) is 6.17 Å². The Balaban J connectivity index is 2.39. The maximum Gasteiger partial charge on any atom is 0.405 e. The van der Waals surface area contributed by atoms with Gasteiger partial charge in [0.1, 0.15) is 0 Å². The highest BCUT2D eigenvalue weighted by atomic mass is 16.4. The summed E-state index contributed by atoms with van der Waals surface area (Å²) in [6, 6.07) is 0. The Morgan fingerprint density at radius 2 is 2.23 bits per heavy atom. The topological polar surface area (TPSA) is 64.6 Å². The molecular formula is C8H17N3O2. The zero-order chi connectivity index (χ0) is 9.68.